The van der Waals surface area contributed by atoms with Gasteiger partial charge in [0, 0.05) is 25.0 Å². The molecule has 3 aromatic carbocycles. The van der Waals surface area contributed by atoms with Crippen molar-refractivity contribution in [3.8, 4) is 5.75 Å². The number of carboxylic acid groups (broad SMARTS) is 1. The number of nitrogens with one attached hydrogen (secondary N) is 1. The normalized spacial score (nSPS) is 18.8. The first-order valence-corrected chi connectivity index (χ1v) is 12.5. The minimum absolute atomic E-state index is 0.00327. The quantitative estimate of drug-likeness (QED) is 0.348. The smallest absolute Gasteiger partial charge is 0.346 e. The van der Waals surface area contributed by atoms with E-state index in [1.165, 1.54) is 28.1 Å². The van der Waals surface area contributed by atoms with Crippen molar-refractivity contribution in [2.45, 2.75) is 25.3 Å². The molecule has 0 aliphatic carbocycles. The number of fused-ring (bicyclic) bond motifs is 1. The van der Waals surface area contributed by atoms with Crippen molar-refractivity contribution >= 4 is 22.6 Å². The van der Waals surface area contributed by atoms with Crippen LogP contribution < -0.4 is 10.2 Å². The second-order valence-corrected chi connectivity index (χ2v) is 9.60. The topological polar surface area (TPSA) is 88.4 Å². The first-order valence-electron chi connectivity index (χ1n) is 12.5. The van der Waals surface area contributed by atoms with Gasteiger partial charge in [0.25, 0.3) is 5.75 Å². The Morgan fingerprint density at radius 1 is 1.11 bits per heavy atom. The first kappa shape index (κ1) is 23.8. The number of aromatic carboxylic acids is 1. The number of benzene rings is 3. The summed E-state index contributed by atoms with van der Waals surface area (Å²) in [5.74, 6) is 0.279. The Kier molecular flexibility index (Phi) is 6.87. The van der Waals surface area contributed by atoms with Crippen LogP contribution in [0.15, 0.2) is 85.1 Å². The molecule has 6 nitrogen and oxygen atoms in total. The van der Waals surface area contributed by atoms with Crippen LogP contribution in [0.5, 0.6) is 5.75 Å². The van der Waals surface area contributed by atoms with Crippen molar-refractivity contribution in [1.82, 2.24) is 10.3 Å². The highest BCUT2D eigenvalue weighted by Gasteiger charge is 2.32. The molecule has 4 N–H and O–H groups in total. The molecule has 3 unspecified atom stereocenters. The van der Waals surface area contributed by atoms with Crippen LogP contribution in [0.3, 0.4) is 0 Å². The highest BCUT2D eigenvalue weighted by molar-refractivity contribution is 5.90. The summed E-state index contributed by atoms with van der Waals surface area (Å²) in [5.41, 5.74) is 2.53. The largest absolute Gasteiger partial charge is 0.593 e. The number of rotatable bonds is 7. The van der Waals surface area contributed by atoms with Crippen LogP contribution in [-0.2, 0) is 0 Å². The van der Waals surface area contributed by atoms with E-state index < -0.39 is 5.97 Å². The van der Waals surface area contributed by atoms with Crippen molar-refractivity contribution in [2.24, 2.45) is 5.92 Å². The third-order valence-corrected chi connectivity index (χ3v) is 7.40. The Labute approximate surface area is 211 Å². The van der Waals surface area contributed by atoms with Gasteiger partial charge in [-0.05, 0) is 47.7 Å². The van der Waals surface area contributed by atoms with Crippen LogP contribution in [0.2, 0.25) is 0 Å². The summed E-state index contributed by atoms with van der Waals surface area (Å²) in [6.45, 7) is 4.72. The van der Waals surface area contributed by atoms with Crippen LogP contribution >= 0.6 is 0 Å². The van der Waals surface area contributed by atoms with E-state index in [-0.39, 0.29) is 17.4 Å². The molecule has 0 amide bonds. The summed E-state index contributed by atoms with van der Waals surface area (Å²) in [4.78, 5) is 17.9. The summed E-state index contributed by atoms with van der Waals surface area (Å²) in [7, 11) is 0. The maximum absolute atomic E-state index is 11.3. The first-order chi connectivity index (χ1) is 17.5. The average Bonchev–Trinajstić information content (AvgIpc) is 2.91. The van der Waals surface area contributed by atoms with E-state index >= 15 is 0 Å². The second kappa shape index (κ2) is 10.4. The zero-order valence-electron chi connectivity index (χ0n) is 20.4. The molecule has 2 heterocycles. The molecule has 1 fully saturated rings. The van der Waals surface area contributed by atoms with E-state index in [0.717, 1.165) is 26.1 Å². The predicted molar refractivity (Wildman–Crippen MR) is 144 cm³/mol. The van der Waals surface area contributed by atoms with Gasteiger partial charge in [-0.3, -0.25) is 0 Å². The molecule has 184 valence electrons. The summed E-state index contributed by atoms with van der Waals surface area (Å²) in [6.07, 6.45) is 2.28. The summed E-state index contributed by atoms with van der Waals surface area (Å²) in [6, 6.07) is 27.4. The zero-order valence-corrected chi connectivity index (χ0v) is 20.4. The van der Waals surface area contributed by atoms with Gasteiger partial charge in [0.05, 0.1) is 12.3 Å². The number of carbonyl (C=O) groups is 1. The molecule has 0 spiro atoms. The minimum atomic E-state index is -1.12. The van der Waals surface area contributed by atoms with Gasteiger partial charge in [0.1, 0.15) is 5.82 Å². The predicted octanol–water partition coefficient (Wildman–Crippen LogP) is 5.33. The average molecular weight is 483 g/mol. The van der Waals surface area contributed by atoms with Crippen molar-refractivity contribution in [1.29, 1.82) is 0 Å². The van der Waals surface area contributed by atoms with E-state index in [9.17, 15) is 9.90 Å². The highest BCUT2D eigenvalue weighted by Crippen LogP contribution is 2.35. The number of nitrogens with zero attached hydrogens (tertiary/aromatic N) is 2. The molecule has 1 saturated heterocycles. The van der Waals surface area contributed by atoms with E-state index in [0.29, 0.717) is 17.7 Å². The molecular weight excluding hydrogens is 450 g/mol. The number of pyridine rings is 1. The highest BCUT2D eigenvalue weighted by atomic mass is 16.4. The summed E-state index contributed by atoms with van der Waals surface area (Å²) >= 11 is 0. The third kappa shape index (κ3) is 4.90. The SMILES string of the molecule is CC(NCC1CCN(c2cc([OH2+])c(C(=O)O)cn2)CC1c1ccccc1)c1cccc2ccccc12. The number of anilines is 1. The monoisotopic (exact) mass is 482 g/mol. The fourth-order valence-electron chi connectivity index (χ4n) is 5.38. The lowest BCUT2D eigenvalue weighted by atomic mass is 9.80. The van der Waals surface area contributed by atoms with Gasteiger partial charge in [-0.15, -0.1) is 0 Å². The molecule has 36 heavy (non-hydrogen) atoms. The van der Waals surface area contributed by atoms with E-state index in [2.05, 4.69) is 88.9 Å². The lowest BCUT2D eigenvalue weighted by molar-refractivity contribution is 0.0693. The summed E-state index contributed by atoms with van der Waals surface area (Å²) in [5, 5.41) is 23.7. The van der Waals surface area contributed by atoms with Crippen molar-refractivity contribution in [3.63, 3.8) is 0 Å². The molecule has 5 rings (SSSR count). The Balaban J connectivity index is 1.34. The molecule has 1 aliphatic heterocycles. The molecule has 0 radical (unpaired) electrons. The Bertz CT molecular complexity index is 1350. The molecular formula is C30H32N3O3+. The number of aromatic nitrogens is 1. The van der Waals surface area contributed by atoms with Gasteiger partial charge < -0.3 is 20.4 Å². The molecule has 0 saturated carbocycles. The van der Waals surface area contributed by atoms with Gasteiger partial charge in [-0.1, -0.05) is 72.8 Å². The lowest BCUT2D eigenvalue weighted by Crippen LogP contribution is -2.43. The van der Waals surface area contributed by atoms with Crippen molar-refractivity contribution in [3.05, 3.63) is 102 Å². The van der Waals surface area contributed by atoms with Crippen molar-refractivity contribution in [2.75, 3.05) is 24.5 Å². The van der Waals surface area contributed by atoms with Crippen molar-refractivity contribution < 1.29 is 15.0 Å². The fourth-order valence-corrected chi connectivity index (χ4v) is 5.38. The molecule has 1 aromatic heterocycles. The van der Waals surface area contributed by atoms with Gasteiger partial charge in [-0.2, -0.15) is 0 Å². The number of carboxylic acids is 1. The van der Waals surface area contributed by atoms with Gasteiger partial charge >= 0.3 is 5.97 Å². The van der Waals surface area contributed by atoms with Crippen LogP contribution in [0, 0.1) is 5.92 Å². The van der Waals surface area contributed by atoms with Gasteiger partial charge in [-0.25, -0.2) is 9.78 Å². The van der Waals surface area contributed by atoms with Crippen LogP contribution in [0.1, 0.15) is 46.8 Å². The van der Waals surface area contributed by atoms with Crippen LogP contribution in [0.4, 0.5) is 5.82 Å². The minimum Gasteiger partial charge on any atom is -0.593 e. The molecule has 0 bridgehead atoms. The van der Waals surface area contributed by atoms with Gasteiger partial charge in [0.15, 0.2) is 5.56 Å². The third-order valence-electron chi connectivity index (χ3n) is 7.40. The van der Waals surface area contributed by atoms with Crippen LogP contribution in [-0.4, -0.2) is 40.8 Å². The molecule has 1 aliphatic rings. The Morgan fingerprint density at radius 3 is 2.64 bits per heavy atom. The standard InChI is InChI=1S/C30H31N3O3/c1-20(24-13-7-11-21-10-5-6-12-25(21)24)31-17-23-14-15-33(19-27(23)22-8-3-2-4-9-22)29-16-28(34)26(18-32-29)30(35)36/h2-13,16,18,20,23,27,31H,14-15,17,19H2,1H3,(H,32,34)(H,35,36)/p+1. The molecule has 4 aromatic rings. The Morgan fingerprint density at radius 2 is 1.86 bits per heavy atom. The fraction of sp³-hybridized carbons (Fsp3) is 0.267. The zero-order chi connectivity index (χ0) is 25.1. The molecule has 6 heteroatoms. The Hall–Kier alpha value is -3.90. The number of hydrogen-bond acceptors (Lipinski definition) is 4. The maximum atomic E-state index is 11.3. The van der Waals surface area contributed by atoms with Crippen LogP contribution in [0.25, 0.3) is 10.8 Å². The summed E-state index contributed by atoms with van der Waals surface area (Å²) < 4.78 is 0. The maximum Gasteiger partial charge on any atom is 0.346 e. The van der Waals surface area contributed by atoms with Gasteiger partial charge in [0.2, 0.25) is 0 Å². The lowest BCUT2D eigenvalue weighted by Gasteiger charge is -2.40. The van der Waals surface area contributed by atoms with E-state index in [4.69, 9.17) is 5.11 Å². The number of piperidine rings is 1. The van der Waals surface area contributed by atoms with E-state index in [1.54, 1.807) is 6.07 Å². The number of hydrogen-bond donors (Lipinski definition) is 2. The van der Waals surface area contributed by atoms with E-state index in [1.807, 2.05) is 6.07 Å². The molecule has 3 atom stereocenters. The second-order valence-electron chi connectivity index (χ2n) is 9.60.